The molecule has 0 aliphatic heterocycles. The molecule has 0 radical (unpaired) electrons. The van der Waals surface area contributed by atoms with Crippen molar-refractivity contribution in [2.75, 3.05) is 12.4 Å². The van der Waals surface area contributed by atoms with Crippen LogP contribution in [0.25, 0.3) is 0 Å². The number of halogens is 1. The number of ether oxygens (including phenoxy) is 1. The van der Waals surface area contributed by atoms with E-state index >= 15 is 0 Å². The standard InChI is InChI=1S/C16H15FN2O/c1-20-11-13-4-2-12(3-5-13)10-19-16-7-6-14(9-18)8-15(16)17/h2-8,19H,10-11H2,1H3. The Morgan fingerprint density at radius 1 is 1.15 bits per heavy atom. The van der Waals surface area contributed by atoms with E-state index in [1.807, 2.05) is 30.3 Å². The number of nitriles is 1. The lowest BCUT2D eigenvalue weighted by Gasteiger charge is -2.08. The highest BCUT2D eigenvalue weighted by Gasteiger charge is 2.03. The van der Waals surface area contributed by atoms with E-state index in [-0.39, 0.29) is 0 Å². The summed E-state index contributed by atoms with van der Waals surface area (Å²) in [6.45, 7) is 1.11. The second-order valence-electron chi connectivity index (χ2n) is 4.41. The molecule has 0 aliphatic rings. The third kappa shape index (κ3) is 3.56. The molecule has 20 heavy (non-hydrogen) atoms. The first-order valence-electron chi connectivity index (χ1n) is 6.23. The van der Waals surface area contributed by atoms with Crippen molar-refractivity contribution in [3.05, 3.63) is 65.0 Å². The zero-order valence-electron chi connectivity index (χ0n) is 11.2. The Bertz CT molecular complexity index is 617. The minimum atomic E-state index is -0.417. The van der Waals surface area contributed by atoms with Gasteiger partial charge in [0.05, 0.1) is 23.9 Å². The lowest BCUT2D eigenvalue weighted by atomic mass is 10.1. The summed E-state index contributed by atoms with van der Waals surface area (Å²) in [5.41, 5.74) is 2.86. The fraction of sp³-hybridized carbons (Fsp3) is 0.188. The molecule has 4 heteroatoms. The average Bonchev–Trinajstić information content (AvgIpc) is 2.48. The van der Waals surface area contributed by atoms with E-state index in [4.69, 9.17) is 10.00 Å². The topological polar surface area (TPSA) is 45.0 Å². The molecule has 0 aromatic heterocycles. The summed E-state index contributed by atoms with van der Waals surface area (Å²) in [5, 5.41) is 11.7. The molecule has 0 amide bonds. The van der Waals surface area contributed by atoms with Gasteiger partial charge in [-0.1, -0.05) is 24.3 Å². The Hall–Kier alpha value is -2.38. The number of rotatable bonds is 5. The van der Waals surface area contributed by atoms with Gasteiger partial charge < -0.3 is 10.1 Å². The Balaban J connectivity index is 2.00. The molecule has 2 rings (SSSR count). The summed E-state index contributed by atoms with van der Waals surface area (Å²) in [4.78, 5) is 0. The number of nitrogens with zero attached hydrogens (tertiary/aromatic N) is 1. The predicted molar refractivity (Wildman–Crippen MR) is 75.6 cm³/mol. The predicted octanol–water partition coefficient (Wildman–Crippen LogP) is 3.46. The van der Waals surface area contributed by atoms with Crippen molar-refractivity contribution in [2.45, 2.75) is 13.2 Å². The molecule has 0 aliphatic carbocycles. The van der Waals surface area contributed by atoms with E-state index in [0.29, 0.717) is 24.4 Å². The van der Waals surface area contributed by atoms with Crippen molar-refractivity contribution < 1.29 is 9.13 Å². The third-order valence-electron chi connectivity index (χ3n) is 2.92. The highest BCUT2D eigenvalue weighted by Crippen LogP contribution is 2.16. The molecule has 102 valence electrons. The Kier molecular flexibility index (Phi) is 4.70. The molecule has 0 heterocycles. The molecule has 0 saturated heterocycles. The van der Waals surface area contributed by atoms with Gasteiger partial charge in [0.2, 0.25) is 0 Å². The van der Waals surface area contributed by atoms with Crippen LogP contribution in [0.5, 0.6) is 0 Å². The fourth-order valence-electron chi connectivity index (χ4n) is 1.85. The van der Waals surface area contributed by atoms with Gasteiger partial charge in [-0.3, -0.25) is 0 Å². The largest absolute Gasteiger partial charge is 0.380 e. The molecule has 0 atom stereocenters. The maximum absolute atomic E-state index is 13.7. The molecule has 3 nitrogen and oxygen atoms in total. The van der Waals surface area contributed by atoms with E-state index < -0.39 is 5.82 Å². The van der Waals surface area contributed by atoms with E-state index in [9.17, 15) is 4.39 Å². The second kappa shape index (κ2) is 6.69. The van der Waals surface area contributed by atoms with E-state index in [1.165, 1.54) is 6.07 Å². The lowest BCUT2D eigenvalue weighted by Crippen LogP contribution is -2.02. The number of benzene rings is 2. The number of nitrogens with one attached hydrogen (secondary N) is 1. The monoisotopic (exact) mass is 270 g/mol. The van der Waals surface area contributed by atoms with Crippen molar-refractivity contribution in [3.63, 3.8) is 0 Å². The SMILES string of the molecule is COCc1ccc(CNc2ccc(C#N)cc2F)cc1. The van der Waals surface area contributed by atoms with Crippen LogP contribution in [-0.2, 0) is 17.9 Å². The van der Waals surface area contributed by atoms with Gasteiger partial charge in [0.25, 0.3) is 0 Å². The average molecular weight is 270 g/mol. The lowest BCUT2D eigenvalue weighted by molar-refractivity contribution is 0.185. The summed E-state index contributed by atoms with van der Waals surface area (Å²) in [6.07, 6.45) is 0. The van der Waals surface area contributed by atoms with Crippen molar-refractivity contribution in [2.24, 2.45) is 0 Å². The summed E-state index contributed by atoms with van der Waals surface area (Å²) in [7, 11) is 1.66. The fourth-order valence-corrected chi connectivity index (χ4v) is 1.85. The van der Waals surface area contributed by atoms with Gasteiger partial charge >= 0.3 is 0 Å². The van der Waals surface area contributed by atoms with Crippen molar-refractivity contribution in [1.82, 2.24) is 0 Å². The Labute approximate surface area is 117 Å². The van der Waals surface area contributed by atoms with Gasteiger partial charge in [-0.25, -0.2) is 4.39 Å². The van der Waals surface area contributed by atoms with Crippen LogP contribution >= 0.6 is 0 Å². The maximum atomic E-state index is 13.7. The van der Waals surface area contributed by atoms with Crippen LogP contribution < -0.4 is 5.32 Å². The number of methoxy groups -OCH3 is 1. The molecule has 0 fully saturated rings. The first-order valence-corrected chi connectivity index (χ1v) is 6.23. The molecule has 0 unspecified atom stereocenters. The van der Waals surface area contributed by atoms with Gasteiger partial charge in [0, 0.05) is 13.7 Å². The number of hydrogen-bond acceptors (Lipinski definition) is 3. The van der Waals surface area contributed by atoms with E-state index in [2.05, 4.69) is 5.32 Å². The molecular weight excluding hydrogens is 255 g/mol. The van der Waals surface area contributed by atoms with Crippen molar-refractivity contribution >= 4 is 5.69 Å². The molecule has 0 saturated carbocycles. The molecular formula is C16H15FN2O. The maximum Gasteiger partial charge on any atom is 0.147 e. The van der Waals surface area contributed by atoms with Crippen LogP contribution in [0.1, 0.15) is 16.7 Å². The quantitative estimate of drug-likeness (QED) is 0.905. The van der Waals surface area contributed by atoms with Crippen molar-refractivity contribution in [3.8, 4) is 6.07 Å². The molecule has 2 aromatic rings. The molecule has 0 bridgehead atoms. The zero-order valence-corrected chi connectivity index (χ0v) is 11.2. The molecule has 1 N–H and O–H groups in total. The highest BCUT2D eigenvalue weighted by atomic mass is 19.1. The molecule has 2 aromatic carbocycles. The summed E-state index contributed by atoms with van der Waals surface area (Å²) < 4.78 is 18.7. The van der Waals surface area contributed by atoms with Crippen LogP contribution in [0.2, 0.25) is 0 Å². The van der Waals surface area contributed by atoms with Crippen LogP contribution in [0.4, 0.5) is 10.1 Å². The normalized spacial score (nSPS) is 10.1. The Morgan fingerprint density at radius 3 is 2.45 bits per heavy atom. The summed E-state index contributed by atoms with van der Waals surface area (Å²) in [6, 6.07) is 14.2. The van der Waals surface area contributed by atoms with Gasteiger partial charge in [0.1, 0.15) is 5.82 Å². The minimum Gasteiger partial charge on any atom is -0.380 e. The van der Waals surface area contributed by atoms with E-state index in [0.717, 1.165) is 11.1 Å². The van der Waals surface area contributed by atoms with E-state index in [1.54, 1.807) is 19.2 Å². The molecule has 0 spiro atoms. The minimum absolute atomic E-state index is 0.317. The van der Waals surface area contributed by atoms with Gasteiger partial charge in [-0.15, -0.1) is 0 Å². The summed E-state index contributed by atoms with van der Waals surface area (Å²) in [5.74, 6) is -0.417. The number of anilines is 1. The van der Waals surface area contributed by atoms with Gasteiger partial charge in [0.15, 0.2) is 0 Å². The smallest absolute Gasteiger partial charge is 0.147 e. The van der Waals surface area contributed by atoms with Crippen LogP contribution in [0.3, 0.4) is 0 Å². The second-order valence-corrected chi connectivity index (χ2v) is 4.41. The number of hydrogen-bond donors (Lipinski definition) is 1. The zero-order chi connectivity index (χ0) is 14.4. The van der Waals surface area contributed by atoms with Crippen LogP contribution in [-0.4, -0.2) is 7.11 Å². The first kappa shape index (κ1) is 14.0. The van der Waals surface area contributed by atoms with Gasteiger partial charge in [-0.2, -0.15) is 5.26 Å². The third-order valence-corrected chi connectivity index (χ3v) is 2.92. The highest BCUT2D eigenvalue weighted by molar-refractivity contribution is 5.49. The summed E-state index contributed by atoms with van der Waals surface area (Å²) >= 11 is 0. The van der Waals surface area contributed by atoms with Crippen LogP contribution in [0.15, 0.2) is 42.5 Å². The van der Waals surface area contributed by atoms with Crippen molar-refractivity contribution in [1.29, 1.82) is 5.26 Å². The Morgan fingerprint density at radius 2 is 1.85 bits per heavy atom. The van der Waals surface area contributed by atoms with Crippen LogP contribution in [0, 0.1) is 17.1 Å². The first-order chi connectivity index (χ1) is 9.72. The van der Waals surface area contributed by atoms with Gasteiger partial charge in [-0.05, 0) is 29.3 Å².